The molecular weight excluding hydrogens is 232 g/mol. The van der Waals surface area contributed by atoms with Crippen LogP contribution in [-0.2, 0) is 8.85 Å². The molecule has 0 radical (unpaired) electrons. The van der Waals surface area contributed by atoms with Crippen LogP contribution in [0.4, 0.5) is 0 Å². The Kier molecular flexibility index (Phi) is 7.51. The molecule has 0 aliphatic heterocycles. The third kappa shape index (κ3) is 7.89. The highest BCUT2D eigenvalue weighted by Gasteiger charge is 2.37. The van der Waals surface area contributed by atoms with E-state index >= 15 is 0 Å². The summed E-state index contributed by atoms with van der Waals surface area (Å²) in [5, 5.41) is 0. The van der Waals surface area contributed by atoms with Crippen molar-refractivity contribution in [3.63, 3.8) is 0 Å². The van der Waals surface area contributed by atoms with E-state index in [1.54, 1.807) is 0 Å². The molecule has 0 saturated carbocycles. The summed E-state index contributed by atoms with van der Waals surface area (Å²) in [6, 6.07) is 0.940. The van der Waals surface area contributed by atoms with Gasteiger partial charge in [0.1, 0.15) is 0 Å². The molecule has 0 rings (SSSR count). The van der Waals surface area contributed by atoms with Gasteiger partial charge in [0.2, 0.25) is 0 Å². The van der Waals surface area contributed by atoms with Crippen molar-refractivity contribution in [1.29, 1.82) is 0 Å². The number of nitrogens with two attached hydrogens (primary N) is 2. The molecule has 0 fully saturated rings. The van der Waals surface area contributed by atoms with Gasteiger partial charge in [-0.15, -0.1) is 0 Å². The summed E-state index contributed by atoms with van der Waals surface area (Å²) in [4.78, 5) is 0. The summed E-state index contributed by atoms with van der Waals surface area (Å²) in [5.41, 5.74) is 11.0. The quantitative estimate of drug-likeness (QED) is 0.623. The first kappa shape index (κ1) is 17.1. The maximum absolute atomic E-state index is 6.26. The van der Waals surface area contributed by atoms with E-state index in [1.807, 2.05) is 13.8 Å². The molecule has 0 bridgehead atoms. The number of hydrogen-bond acceptors (Lipinski definition) is 4. The predicted molar refractivity (Wildman–Crippen MR) is 75.2 cm³/mol. The van der Waals surface area contributed by atoms with Gasteiger partial charge in [0.15, 0.2) is 0 Å². The van der Waals surface area contributed by atoms with Crippen molar-refractivity contribution in [3.8, 4) is 0 Å². The fourth-order valence-electron chi connectivity index (χ4n) is 2.04. The lowest BCUT2D eigenvalue weighted by Gasteiger charge is -2.37. The summed E-state index contributed by atoms with van der Waals surface area (Å²) < 4.78 is 12.3. The Morgan fingerprint density at radius 1 is 1.18 bits per heavy atom. The summed E-state index contributed by atoms with van der Waals surface area (Å²) in [6.07, 6.45) is 1.99. The van der Waals surface area contributed by atoms with E-state index < -0.39 is 8.56 Å². The molecule has 0 heterocycles. The van der Waals surface area contributed by atoms with E-state index in [1.165, 1.54) is 0 Å². The monoisotopic (exact) mass is 262 g/mol. The molecule has 4 nitrogen and oxygen atoms in total. The SMILES string of the molecule is CC(C)O[Si](C)(CCCN)OC(C)(C)CCN. The molecule has 0 aromatic heterocycles. The highest BCUT2D eigenvalue weighted by Crippen LogP contribution is 2.26. The fraction of sp³-hybridized carbons (Fsp3) is 1.00. The van der Waals surface area contributed by atoms with E-state index in [-0.39, 0.29) is 11.7 Å². The second-order valence-corrected chi connectivity index (χ2v) is 8.80. The van der Waals surface area contributed by atoms with Crippen LogP contribution in [0.25, 0.3) is 0 Å². The summed E-state index contributed by atoms with van der Waals surface area (Å²) >= 11 is 0. The standard InChI is InChI=1S/C12H30N2O2Si/c1-11(2)15-17(5,10-6-8-13)16-12(3,4)7-9-14/h11H,6-10,13-14H2,1-5H3. The van der Waals surface area contributed by atoms with Crippen molar-refractivity contribution < 1.29 is 8.85 Å². The minimum atomic E-state index is -2.14. The van der Waals surface area contributed by atoms with Gasteiger partial charge in [-0.05, 0) is 66.2 Å². The molecule has 0 aromatic carbocycles. The zero-order valence-electron chi connectivity index (χ0n) is 12.1. The molecule has 0 aliphatic rings. The Labute approximate surface area is 107 Å². The first-order valence-corrected chi connectivity index (χ1v) is 9.05. The molecular formula is C12H30N2O2Si. The van der Waals surface area contributed by atoms with Crippen LogP contribution in [0, 0.1) is 0 Å². The van der Waals surface area contributed by atoms with Gasteiger partial charge in [-0.2, -0.15) is 0 Å². The number of rotatable bonds is 9. The van der Waals surface area contributed by atoms with E-state index in [0.29, 0.717) is 13.1 Å². The van der Waals surface area contributed by atoms with E-state index in [4.69, 9.17) is 20.3 Å². The van der Waals surface area contributed by atoms with Crippen LogP contribution in [0.15, 0.2) is 0 Å². The number of hydrogen-bond donors (Lipinski definition) is 2. The van der Waals surface area contributed by atoms with Gasteiger partial charge in [0.25, 0.3) is 0 Å². The highest BCUT2D eigenvalue weighted by atomic mass is 28.4. The molecule has 5 heteroatoms. The minimum absolute atomic E-state index is 0.193. The average Bonchev–Trinajstić information content (AvgIpc) is 2.12. The van der Waals surface area contributed by atoms with Crippen molar-refractivity contribution >= 4 is 8.56 Å². The molecule has 1 atom stereocenters. The second-order valence-electron chi connectivity index (χ2n) is 5.59. The van der Waals surface area contributed by atoms with Crippen molar-refractivity contribution in [2.24, 2.45) is 11.5 Å². The summed E-state index contributed by atoms with van der Waals surface area (Å²) in [5.74, 6) is 0. The smallest absolute Gasteiger partial charge is 0.335 e. The Bertz CT molecular complexity index is 213. The molecule has 4 N–H and O–H groups in total. The zero-order chi connectivity index (χ0) is 13.5. The topological polar surface area (TPSA) is 70.5 Å². The van der Waals surface area contributed by atoms with Crippen LogP contribution in [-0.4, -0.2) is 33.4 Å². The average molecular weight is 262 g/mol. The Morgan fingerprint density at radius 3 is 2.18 bits per heavy atom. The lowest BCUT2D eigenvalue weighted by molar-refractivity contribution is 0.0344. The van der Waals surface area contributed by atoms with Gasteiger partial charge in [-0.3, -0.25) is 0 Å². The first-order valence-electron chi connectivity index (χ1n) is 6.53. The van der Waals surface area contributed by atoms with Crippen molar-refractivity contribution in [1.82, 2.24) is 0 Å². The lowest BCUT2D eigenvalue weighted by atomic mass is 10.1. The molecule has 0 saturated heterocycles. The van der Waals surface area contributed by atoms with E-state index in [2.05, 4.69) is 20.4 Å². The highest BCUT2D eigenvalue weighted by molar-refractivity contribution is 6.66. The largest absolute Gasteiger partial charge is 0.392 e. The molecule has 0 aromatic rings. The van der Waals surface area contributed by atoms with Crippen LogP contribution >= 0.6 is 0 Å². The minimum Gasteiger partial charge on any atom is -0.392 e. The molecule has 0 spiro atoms. The Balaban J connectivity index is 4.55. The van der Waals surface area contributed by atoms with Gasteiger partial charge in [0, 0.05) is 6.10 Å². The summed E-state index contributed by atoms with van der Waals surface area (Å²) in [7, 11) is -2.14. The van der Waals surface area contributed by atoms with E-state index in [9.17, 15) is 0 Å². The maximum Gasteiger partial charge on any atom is 0.335 e. The van der Waals surface area contributed by atoms with Gasteiger partial charge in [0.05, 0.1) is 5.60 Å². The molecule has 0 aliphatic carbocycles. The first-order chi connectivity index (χ1) is 7.74. The van der Waals surface area contributed by atoms with Crippen LogP contribution < -0.4 is 11.5 Å². The van der Waals surface area contributed by atoms with Crippen molar-refractivity contribution in [2.45, 2.75) is 64.8 Å². The van der Waals surface area contributed by atoms with Gasteiger partial charge < -0.3 is 20.3 Å². The second kappa shape index (κ2) is 7.48. The van der Waals surface area contributed by atoms with E-state index in [0.717, 1.165) is 18.9 Å². The zero-order valence-corrected chi connectivity index (χ0v) is 13.1. The van der Waals surface area contributed by atoms with Crippen LogP contribution in [0.1, 0.15) is 40.5 Å². The van der Waals surface area contributed by atoms with Gasteiger partial charge >= 0.3 is 8.56 Å². The molecule has 104 valence electrons. The lowest BCUT2D eigenvalue weighted by Crippen LogP contribution is -2.48. The third-order valence-corrected chi connectivity index (χ3v) is 5.77. The fourth-order valence-corrected chi connectivity index (χ4v) is 5.42. The summed E-state index contributed by atoms with van der Waals surface area (Å²) in [6.45, 7) is 11.7. The Hall–Kier alpha value is 0.0569. The van der Waals surface area contributed by atoms with Crippen molar-refractivity contribution in [2.75, 3.05) is 13.1 Å². The molecule has 17 heavy (non-hydrogen) atoms. The predicted octanol–water partition coefficient (Wildman–Crippen LogP) is 1.98. The molecule has 1 unspecified atom stereocenters. The third-order valence-electron chi connectivity index (χ3n) is 2.56. The van der Waals surface area contributed by atoms with Gasteiger partial charge in [-0.1, -0.05) is 0 Å². The van der Waals surface area contributed by atoms with Crippen molar-refractivity contribution in [3.05, 3.63) is 0 Å². The van der Waals surface area contributed by atoms with Crippen LogP contribution in [0.3, 0.4) is 0 Å². The van der Waals surface area contributed by atoms with Crippen LogP contribution in [0.5, 0.6) is 0 Å². The normalized spacial score (nSPS) is 16.2. The maximum atomic E-state index is 6.26. The molecule has 0 amide bonds. The van der Waals surface area contributed by atoms with Gasteiger partial charge in [-0.25, -0.2) is 0 Å². The van der Waals surface area contributed by atoms with Crippen LogP contribution in [0.2, 0.25) is 12.6 Å². The Morgan fingerprint density at radius 2 is 1.76 bits per heavy atom.